The third-order valence-corrected chi connectivity index (χ3v) is 6.23. The molecule has 164 valence electrons. The molecular weight excluding hydrogens is 410 g/mol. The molecule has 5 aromatic rings. The number of imidazole rings is 1. The maximum atomic E-state index is 13.2. The molecule has 2 heterocycles. The number of nitrogens with one attached hydrogen (secondary N) is 1. The summed E-state index contributed by atoms with van der Waals surface area (Å²) in [6.45, 7) is 6.20. The first-order valence-corrected chi connectivity index (χ1v) is 11.0. The molecule has 2 aromatic heterocycles. The van der Waals surface area contributed by atoms with Crippen LogP contribution in [0.3, 0.4) is 0 Å². The number of pyridine rings is 1. The summed E-state index contributed by atoms with van der Waals surface area (Å²) >= 11 is 0. The van der Waals surface area contributed by atoms with Gasteiger partial charge in [-0.3, -0.25) is 4.79 Å². The lowest BCUT2D eigenvalue weighted by atomic mass is 10.0. The van der Waals surface area contributed by atoms with Crippen molar-refractivity contribution in [1.29, 1.82) is 0 Å². The maximum Gasteiger partial charge on any atom is 0.230 e. The second kappa shape index (κ2) is 8.10. The third-order valence-electron chi connectivity index (χ3n) is 6.23. The quantitative estimate of drug-likeness (QED) is 0.366. The minimum Gasteiger partial charge on any atom is -0.507 e. The third kappa shape index (κ3) is 3.72. The number of aryl methyl sites for hydroxylation is 3. The Morgan fingerprint density at radius 2 is 1.70 bits per heavy atom. The Balaban J connectivity index is 1.56. The van der Waals surface area contributed by atoms with Gasteiger partial charge in [0.15, 0.2) is 0 Å². The first kappa shape index (κ1) is 20.8. The summed E-state index contributed by atoms with van der Waals surface area (Å²) in [6.07, 6.45) is 2.13. The number of aromatic nitrogens is 2. The van der Waals surface area contributed by atoms with Crippen molar-refractivity contribution < 1.29 is 9.90 Å². The highest BCUT2D eigenvalue weighted by Crippen LogP contribution is 2.31. The standard InChI is InChI=1S/C28H25N3O2/c1-17-12-13-20(15-19(17)3)27-24(31-14-6-7-18(2)28(31)30-27)16-26(33)29-23-10-4-9-22-21(23)8-5-11-25(22)32/h4-15,32H,16H2,1-3H3,(H,29,33). The SMILES string of the molecule is Cc1ccc(-c2nc3c(C)cccn3c2CC(=O)Nc2cccc3c(O)cccc23)cc1C. The summed E-state index contributed by atoms with van der Waals surface area (Å²) in [6, 6.07) is 21.1. The van der Waals surface area contributed by atoms with Crippen LogP contribution in [0.4, 0.5) is 5.69 Å². The largest absolute Gasteiger partial charge is 0.507 e. The molecular formula is C28H25N3O2. The van der Waals surface area contributed by atoms with E-state index in [0.717, 1.165) is 33.5 Å². The van der Waals surface area contributed by atoms with E-state index in [2.05, 4.69) is 37.4 Å². The van der Waals surface area contributed by atoms with E-state index >= 15 is 0 Å². The molecule has 5 rings (SSSR count). The molecule has 0 saturated heterocycles. The fraction of sp³-hybridized carbons (Fsp3) is 0.143. The van der Waals surface area contributed by atoms with Crippen LogP contribution < -0.4 is 5.32 Å². The number of benzene rings is 3. The predicted molar refractivity (Wildman–Crippen MR) is 133 cm³/mol. The normalized spacial score (nSPS) is 11.2. The number of rotatable bonds is 4. The van der Waals surface area contributed by atoms with Crippen LogP contribution in [0, 0.1) is 20.8 Å². The van der Waals surface area contributed by atoms with Gasteiger partial charge in [0.1, 0.15) is 11.4 Å². The van der Waals surface area contributed by atoms with Crippen LogP contribution in [0.5, 0.6) is 5.75 Å². The lowest BCUT2D eigenvalue weighted by Gasteiger charge is -2.11. The molecule has 3 aromatic carbocycles. The number of hydrogen-bond acceptors (Lipinski definition) is 3. The molecule has 33 heavy (non-hydrogen) atoms. The van der Waals surface area contributed by atoms with Crippen molar-refractivity contribution in [2.75, 3.05) is 5.32 Å². The van der Waals surface area contributed by atoms with Gasteiger partial charge in [0.2, 0.25) is 5.91 Å². The first-order valence-electron chi connectivity index (χ1n) is 11.0. The van der Waals surface area contributed by atoms with Gasteiger partial charge in [-0.15, -0.1) is 0 Å². The van der Waals surface area contributed by atoms with E-state index < -0.39 is 0 Å². The minimum atomic E-state index is -0.140. The van der Waals surface area contributed by atoms with Crippen molar-refractivity contribution in [3.8, 4) is 17.0 Å². The lowest BCUT2D eigenvalue weighted by molar-refractivity contribution is -0.115. The van der Waals surface area contributed by atoms with Crippen molar-refractivity contribution >= 4 is 28.0 Å². The van der Waals surface area contributed by atoms with E-state index in [-0.39, 0.29) is 18.1 Å². The van der Waals surface area contributed by atoms with Gasteiger partial charge < -0.3 is 14.8 Å². The zero-order chi connectivity index (χ0) is 23.1. The van der Waals surface area contributed by atoms with Crippen molar-refractivity contribution in [3.05, 3.63) is 95.3 Å². The predicted octanol–water partition coefficient (Wildman–Crippen LogP) is 5.97. The zero-order valence-corrected chi connectivity index (χ0v) is 18.9. The Morgan fingerprint density at radius 1 is 0.909 bits per heavy atom. The van der Waals surface area contributed by atoms with E-state index in [0.29, 0.717) is 11.1 Å². The molecule has 0 saturated carbocycles. The molecule has 5 nitrogen and oxygen atoms in total. The van der Waals surface area contributed by atoms with E-state index in [1.807, 2.05) is 53.9 Å². The Bertz CT molecular complexity index is 1530. The molecule has 5 heteroatoms. The number of amides is 1. The summed E-state index contributed by atoms with van der Waals surface area (Å²) in [5.74, 6) is 0.0529. The van der Waals surface area contributed by atoms with Crippen molar-refractivity contribution in [2.24, 2.45) is 0 Å². The van der Waals surface area contributed by atoms with Gasteiger partial charge in [-0.2, -0.15) is 0 Å². The molecule has 0 aliphatic heterocycles. The van der Waals surface area contributed by atoms with Crippen LogP contribution in [-0.4, -0.2) is 20.4 Å². The molecule has 0 spiro atoms. The fourth-order valence-electron chi connectivity index (χ4n) is 4.29. The van der Waals surface area contributed by atoms with Gasteiger partial charge in [0.25, 0.3) is 0 Å². The Morgan fingerprint density at radius 3 is 2.52 bits per heavy atom. The highest BCUT2D eigenvalue weighted by atomic mass is 16.3. The molecule has 0 aliphatic carbocycles. The smallest absolute Gasteiger partial charge is 0.230 e. The molecule has 0 unspecified atom stereocenters. The van der Waals surface area contributed by atoms with Gasteiger partial charge in [0, 0.05) is 28.2 Å². The number of carbonyl (C=O) groups is 1. The second-order valence-electron chi connectivity index (χ2n) is 8.49. The van der Waals surface area contributed by atoms with Crippen molar-refractivity contribution in [2.45, 2.75) is 27.2 Å². The molecule has 0 atom stereocenters. The van der Waals surface area contributed by atoms with Gasteiger partial charge in [-0.05, 0) is 61.7 Å². The fourth-order valence-corrected chi connectivity index (χ4v) is 4.29. The van der Waals surface area contributed by atoms with Crippen LogP contribution >= 0.6 is 0 Å². The summed E-state index contributed by atoms with van der Waals surface area (Å²) in [7, 11) is 0. The topological polar surface area (TPSA) is 66.6 Å². The molecule has 1 amide bonds. The summed E-state index contributed by atoms with van der Waals surface area (Å²) in [5, 5.41) is 14.7. The number of nitrogens with zero attached hydrogens (tertiary/aromatic N) is 2. The Labute approximate surface area is 192 Å². The molecule has 2 N–H and O–H groups in total. The number of carbonyl (C=O) groups excluding carboxylic acids is 1. The Kier molecular flexibility index (Phi) is 5.09. The molecule has 0 fully saturated rings. The van der Waals surface area contributed by atoms with Gasteiger partial charge in [-0.1, -0.05) is 42.5 Å². The zero-order valence-electron chi connectivity index (χ0n) is 18.9. The van der Waals surface area contributed by atoms with Gasteiger partial charge >= 0.3 is 0 Å². The average Bonchev–Trinajstić information content (AvgIpc) is 3.16. The van der Waals surface area contributed by atoms with Crippen LogP contribution in [0.2, 0.25) is 0 Å². The summed E-state index contributed by atoms with van der Waals surface area (Å²) in [5.41, 5.74) is 7.65. The summed E-state index contributed by atoms with van der Waals surface area (Å²) in [4.78, 5) is 18.2. The van der Waals surface area contributed by atoms with Gasteiger partial charge in [-0.25, -0.2) is 4.98 Å². The molecule has 0 aliphatic rings. The van der Waals surface area contributed by atoms with Crippen LogP contribution in [-0.2, 0) is 11.2 Å². The molecule has 0 bridgehead atoms. The lowest BCUT2D eigenvalue weighted by Crippen LogP contribution is -2.16. The van der Waals surface area contributed by atoms with Crippen molar-refractivity contribution in [1.82, 2.24) is 9.38 Å². The van der Waals surface area contributed by atoms with E-state index in [1.165, 1.54) is 11.1 Å². The highest BCUT2D eigenvalue weighted by Gasteiger charge is 2.19. The van der Waals surface area contributed by atoms with Crippen molar-refractivity contribution in [3.63, 3.8) is 0 Å². The average molecular weight is 436 g/mol. The van der Waals surface area contributed by atoms with E-state index in [4.69, 9.17) is 4.98 Å². The monoisotopic (exact) mass is 435 g/mol. The van der Waals surface area contributed by atoms with E-state index in [1.54, 1.807) is 12.1 Å². The minimum absolute atomic E-state index is 0.140. The van der Waals surface area contributed by atoms with Crippen LogP contribution in [0.1, 0.15) is 22.4 Å². The van der Waals surface area contributed by atoms with Crippen LogP contribution in [0.25, 0.3) is 27.7 Å². The number of fused-ring (bicyclic) bond motifs is 2. The highest BCUT2D eigenvalue weighted by molar-refractivity contribution is 6.04. The molecule has 0 radical (unpaired) electrons. The number of anilines is 1. The summed E-state index contributed by atoms with van der Waals surface area (Å²) < 4.78 is 2.01. The second-order valence-corrected chi connectivity index (χ2v) is 8.49. The number of phenols is 1. The maximum absolute atomic E-state index is 13.2. The van der Waals surface area contributed by atoms with E-state index in [9.17, 15) is 9.90 Å². The number of phenolic OH excluding ortho intramolecular Hbond substituents is 1. The number of hydrogen-bond donors (Lipinski definition) is 2. The first-order chi connectivity index (χ1) is 15.9. The van der Waals surface area contributed by atoms with Crippen LogP contribution in [0.15, 0.2) is 72.9 Å². The van der Waals surface area contributed by atoms with Gasteiger partial charge in [0.05, 0.1) is 17.8 Å². The Hall–Kier alpha value is -4.12. The number of aromatic hydroxyl groups is 1.